The molecule has 2 fully saturated rings. The van der Waals surface area contributed by atoms with Crippen molar-refractivity contribution >= 4 is 16.0 Å². The van der Waals surface area contributed by atoms with Crippen LogP contribution in [0, 0.1) is 17.8 Å². The number of carboxylic acid groups (broad SMARTS) is 1. The van der Waals surface area contributed by atoms with Gasteiger partial charge >= 0.3 is 5.97 Å². The highest BCUT2D eigenvalue weighted by Crippen LogP contribution is 2.49. The normalized spacial score (nSPS) is 28.0. The molecule has 6 nitrogen and oxygen atoms in total. The number of fused-ring (bicyclic) bond motifs is 2. The van der Waals surface area contributed by atoms with E-state index < -0.39 is 16.0 Å². The van der Waals surface area contributed by atoms with Crippen molar-refractivity contribution in [2.45, 2.75) is 49.5 Å². The molecule has 3 rings (SSSR count). The van der Waals surface area contributed by atoms with Crippen molar-refractivity contribution in [2.75, 3.05) is 0 Å². The van der Waals surface area contributed by atoms with Gasteiger partial charge in [0.1, 0.15) is 5.75 Å². The van der Waals surface area contributed by atoms with E-state index in [1.807, 2.05) is 6.08 Å². The molecule has 0 saturated heterocycles. The Hall–Kier alpha value is -1.86. The molecule has 2 saturated carbocycles. The fourth-order valence-corrected chi connectivity index (χ4v) is 5.62. The SMILES string of the molecule is O=C(O)CCCC=CC1C2CCC(C2)C1NS(=O)(=O)c1ccc(O)cc1. The van der Waals surface area contributed by atoms with Gasteiger partial charge < -0.3 is 10.2 Å². The number of phenols is 1. The molecule has 2 bridgehead atoms. The van der Waals surface area contributed by atoms with Crippen LogP contribution in [-0.4, -0.2) is 30.6 Å². The lowest BCUT2D eigenvalue weighted by molar-refractivity contribution is -0.137. The predicted molar refractivity (Wildman–Crippen MR) is 97.2 cm³/mol. The maximum atomic E-state index is 12.7. The van der Waals surface area contributed by atoms with Crippen molar-refractivity contribution in [3.63, 3.8) is 0 Å². The molecule has 0 aliphatic heterocycles. The molecule has 7 heteroatoms. The van der Waals surface area contributed by atoms with Crippen LogP contribution in [0.5, 0.6) is 5.75 Å². The molecule has 3 N–H and O–H groups in total. The average Bonchev–Trinajstić information content (AvgIpc) is 3.17. The molecule has 1 aromatic carbocycles. The van der Waals surface area contributed by atoms with Gasteiger partial charge in [-0.15, -0.1) is 0 Å². The summed E-state index contributed by atoms with van der Waals surface area (Å²) in [4.78, 5) is 10.7. The third-order valence-electron chi connectivity index (χ3n) is 5.54. The fraction of sp³-hybridized carbons (Fsp3) is 0.526. The third kappa shape index (κ3) is 4.27. The first-order valence-electron chi connectivity index (χ1n) is 9.06. The van der Waals surface area contributed by atoms with Crippen molar-refractivity contribution in [3.05, 3.63) is 36.4 Å². The Balaban J connectivity index is 1.67. The highest BCUT2D eigenvalue weighted by Gasteiger charge is 2.47. The number of aliphatic carboxylic acids is 1. The summed E-state index contributed by atoms with van der Waals surface area (Å²) < 4.78 is 28.3. The number of rotatable bonds is 8. The number of aromatic hydroxyl groups is 1. The van der Waals surface area contributed by atoms with Crippen LogP contribution in [-0.2, 0) is 14.8 Å². The van der Waals surface area contributed by atoms with Crippen LogP contribution in [0.1, 0.15) is 38.5 Å². The summed E-state index contributed by atoms with van der Waals surface area (Å²) in [6, 6.07) is 5.43. The minimum Gasteiger partial charge on any atom is -0.508 e. The van der Waals surface area contributed by atoms with Gasteiger partial charge in [0.2, 0.25) is 10.0 Å². The van der Waals surface area contributed by atoms with E-state index in [9.17, 15) is 18.3 Å². The summed E-state index contributed by atoms with van der Waals surface area (Å²) in [5.74, 6) is 0.234. The summed E-state index contributed by atoms with van der Waals surface area (Å²) >= 11 is 0. The molecule has 0 amide bonds. The van der Waals surface area contributed by atoms with Crippen LogP contribution in [0.15, 0.2) is 41.3 Å². The Morgan fingerprint density at radius 2 is 1.88 bits per heavy atom. The Labute approximate surface area is 154 Å². The zero-order valence-electron chi connectivity index (χ0n) is 14.5. The smallest absolute Gasteiger partial charge is 0.303 e. The number of hydrogen-bond donors (Lipinski definition) is 3. The van der Waals surface area contributed by atoms with Crippen LogP contribution >= 0.6 is 0 Å². The predicted octanol–water partition coefficient (Wildman–Crippen LogP) is 2.90. The summed E-state index contributed by atoms with van der Waals surface area (Å²) in [6.45, 7) is 0. The molecule has 0 heterocycles. The first-order valence-corrected chi connectivity index (χ1v) is 10.5. The molecule has 0 spiro atoms. The van der Waals surface area contributed by atoms with Gasteiger partial charge in [-0.1, -0.05) is 12.2 Å². The fourth-order valence-electron chi connectivity index (χ4n) is 4.28. The molecule has 4 atom stereocenters. The second kappa shape index (κ2) is 7.80. The third-order valence-corrected chi connectivity index (χ3v) is 7.01. The molecule has 1 aromatic rings. The monoisotopic (exact) mass is 379 g/mol. The van der Waals surface area contributed by atoms with Gasteiger partial charge in [0, 0.05) is 12.5 Å². The van der Waals surface area contributed by atoms with Gasteiger partial charge in [-0.25, -0.2) is 13.1 Å². The molecule has 142 valence electrons. The first kappa shape index (κ1) is 18.9. The van der Waals surface area contributed by atoms with Crippen LogP contribution < -0.4 is 4.72 Å². The van der Waals surface area contributed by atoms with Crippen molar-refractivity contribution in [1.82, 2.24) is 4.72 Å². The van der Waals surface area contributed by atoms with Gasteiger partial charge in [-0.3, -0.25) is 4.79 Å². The van der Waals surface area contributed by atoms with E-state index >= 15 is 0 Å². The summed E-state index contributed by atoms with van der Waals surface area (Å²) in [7, 11) is -3.64. The van der Waals surface area contributed by atoms with E-state index in [2.05, 4.69) is 10.8 Å². The summed E-state index contributed by atoms with van der Waals surface area (Å²) in [5.41, 5.74) is 0. The van der Waals surface area contributed by atoms with Crippen LogP contribution in [0.2, 0.25) is 0 Å². The molecule has 26 heavy (non-hydrogen) atoms. The second-order valence-corrected chi connectivity index (χ2v) is 8.98. The number of carboxylic acids is 1. The van der Waals surface area contributed by atoms with Gasteiger partial charge in [-0.2, -0.15) is 0 Å². The zero-order valence-corrected chi connectivity index (χ0v) is 15.4. The van der Waals surface area contributed by atoms with E-state index in [0.717, 1.165) is 19.3 Å². The van der Waals surface area contributed by atoms with E-state index in [4.69, 9.17) is 5.11 Å². The number of nitrogens with one attached hydrogen (secondary N) is 1. The van der Waals surface area contributed by atoms with Crippen molar-refractivity contribution in [1.29, 1.82) is 0 Å². The highest BCUT2D eigenvalue weighted by molar-refractivity contribution is 7.89. The van der Waals surface area contributed by atoms with Crippen molar-refractivity contribution in [2.24, 2.45) is 17.8 Å². The van der Waals surface area contributed by atoms with E-state index in [0.29, 0.717) is 24.7 Å². The first-order chi connectivity index (χ1) is 12.4. The number of phenolic OH excluding ortho intramolecular Hbond substituents is 1. The lowest BCUT2D eigenvalue weighted by Gasteiger charge is -2.29. The molecule has 0 radical (unpaired) electrons. The number of hydrogen-bond acceptors (Lipinski definition) is 4. The Morgan fingerprint density at radius 3 is 2.58 bits per heavy atom. The quantitative estimate of drug-likeness (QED) is 0.476. The summed E-state index contributed by atoms with van der Waals surface area (Å²) in [6.07, 6.45) is 8.70. The topological polar surface area (TPSA) is 104 Å². The standard InChI is InChI=1S/C19H25NO5S/c21-15-8-10-16(11-9-15)26(24,25)20-19-14-7-6-13(12-14)17(19)4-2-1-3-5-18(22)23/h2,4,8-11,13-14,17,19-21H,1,3,5-7,12H2,(H,22,23). The lowest BCUT2D eigenvalue weighted by atomic mass is 9.84. The van der Waals surface area contributed by atoms with Crippen molar-refractivity contribution < 1.29 is 23.4 Å². The van der Waals surface area contributed by atoms with Crippen molar-refractivity contribution in [3.8, 4) is 5.75 Å². The van der Waals surface area contributed by atoms with Gasteiger partial charge in [-0.05, 0) is 74.1 Å². The van der Waals surface area contributed by atoms with Crippen LogP contribution in [0.4, 0.5) is 0 Å². The Bertz CT molecular complexity index is 772. The Morgan fingerprint density at radius 1 is 1.19 bits per heavy atom. The molecule has 4 unspecified atom stereocenters. The molecule has 2 aliphatic rings. The minimum atomic E-state index is -3.64. The lowest BCUT2D eigenvalue weighted by Crippen LogP contribution is -2.43. The maximum Gasteiger partial charge on any atom is 0.303 e. The summed E-state index contributed by atoms with van der Waals surface area (Å²) in [5, 5.41) is 18.0. The van der Waals surface area contributed by atoms with Gasteiger partial charge in [0.25, 0.3) is 0 Å². The Kier molecular flexibility index (Phi) is 5.67. The highest BCUT2D eigenvalue weighted by atomic mass is 32.2. The average molecular weight is 379 g/mol. The number of allylic oxidation sites excluding steroid dienone is 1. The minimum absolute atomic E-state index is 0.0334. The van der Waals surface area contributed by atoms with E-state index in [1.165, 1.54) is 24.3 Å². The largest absolute Gasteiger partial charge is 0.508 e. The number of carbonyl (C=O) groups is 1. The van der Waals surface area contributed by atoms with Gasteiger partial charge in [0.05, 0.1) is 4.90 Å². The van der Waals surface area contributed by atoms with Gasteiger partial charge in [0.15, 0.2) is 0 Å². The number of sulfonamides is 1. The van der Waals surface area contributed by atoms with Crippen LogP contribution in [0.25, 0.3) is 0 Å². The molecule has 0 aromatic heterocycles. The van der Waals surface area contributed by atoms with E-state index in [-0.39, 0.29) is 29.0 Å². The number of unbranched alkanes of at least 4 members (excludes halogenated alkanes) is 1. The second-order valence-electron chi connectivity index (χ2n) is 7.27. The number of benzene rings is 1. The molecular weight excluding hydrogens is 354 g/mol. The van der Waals surface area contributed by atoms with E-state index in [1.54, 1.807) is 0 Å². The van der Waals surface area contributed by atoms with Crippen LogP contribution in [0.3, 0.4) is 0 Å². The molecule has 2 aliphatic carbocycles. The molecular formula is C19H25NO5S. The zero-order chi connectivity index (χ0) is 18.7. The maximum absolute atomic E-state index is 12.7.